The number of nitrogens with zero attached hydrogens (tertiary/aromatic N) is 2. The highest BCUT2D eigenvalue weighted by Crippen LogP contribution is 2.26. The summed E-state index contributed by atoms with van der Waals surface area (Å²) in [4.78, 5) is 17.8. The summed E-state index contributed by atoms with van der Waals surface area (Å²) in [5.41, 5.74) is 7.77. The number of allylic oxidation sites excluding steroid dienone is 1. The molecule has 1 N–H and O–H groups in total. The monoisotopic (exact) mass is 423 g/mol. The van der Waals surface area contributed by atoms with Gasteiger partial charge in [0.15, 0.2) is 0 Å². The average molecular weight is 424 g/mol. The van der Waals surface area contributed by atoms with Gasteiger partial charge in [0.1, 0.15) is 5.76 Å². The fraction of sp³-hybridized carbons (Fsp3) is 0.148. The molecule has 5 heteroatoms. The molecule has 4 aromatic rings. The zero-order chi connectivity index (χ0) is 22.5. The number of aromatic nitrogens is 1. The van der Waals surface area contributed by atoms with E-state index in [1.54, 1.807) is 12.5 Å². The number of amides is 1. The third-order valence-corrected chi connectivity index (χ3v) is 5.18. The number of hydrogen-bond acceptors (Lipinski definition) is 4. The normalized spacial score (nSPS) is 12.1. The van der Waals surface area contributed by atoms with Gasteiger partial charge in [-0.05, 0) is 54.3 Å². The van der Waals surface area contributed by atoms with Gasteiger partial charge in [-0.2, -0.15) is 5.10 Å². The highest BCUT2D eigenvalue weighted by Gasteiger charge is 2.14. The molecule has 2 heterocycles. The Morgan fingerprint density at radius 1 is 1.06 bits per heavy atom. The second-order valence-electron chi connectivity index (χ2n) is 7.95. The summed E-state index contributed by atoms with van der Waals surface area (Å²) < 4.78 is 5.29. The molecule has 32 heavy (non-hydrogen) atoms. The van der Waals surface area contributed by atoms with E-state index in [0.29, 0.717) is 11.5 Å². The van der Waals surface area contributed by atoms with Crippen LogP contribution in [0, 0.1) is 0 Å². The van der Waals surface area contributed by atoms with E-state index < -0.39 is 0 Å². The van der Waals surface area contributed by atoms with Gasteiger partial charge in [0.25, 0.3) is 5.91 Å². The van der Waals surface area contributed by atoms with E-state index in [4.69, 9.17) is 9.40 Å². The van der Waals surface area contributed by atoms with Gasteiger partial charge in [0, 0.05) is 10.9 Å². The van der Waals surface area contributed by atoms with Crippen LogP contribution >= 0.6 is 0 Å². The highest BCUT2D eigenvalue weighted by atomic mass is 16.3. The van der Waals surface area contributed by atoms with E-state index in [9.17, 15) is 4.79 Å². The SMILES string of the molecule is CC(/C=N/NC(=O)c1cc(-c2ccc(C(C)C)cc2)nc2ccccc12)=C\c1ccco1. The number of pyridine rings is 1. The summed E-state index contributed by atoms with van der Waals surface area (Å²) >= 11 is 0. The lowest BCUT2D eigenvalue weighted by molar-refractivity contribution is 0.0956. The number of rotatable bonds is 6. The minimum atomic E-state index is -0.286. The quantitative estimate of drug-likeness (QED) is 0.287. The fourth-order valence-corrected chi connectivity index (χ4v) is 3.44. The van der Waals surface area contributed by atoms with Crippen LogP contribution in [0.2, 0.25) is 0 Å². The van der Waals surface area contributed by atoms with Crippen LogP contribution in [-0.4, -0.2) is 17.1 Å². The number of carbonyl (C=O) groups is 1. The van der Waals surface area contributed by atoms with Crippen LogP contribution in [-0.2, 0) is 0 Å². The number of nitrogens with one attached hydrogen (secondary N) is 1. The van der Waals surface area contributed by atoms with Gasteiger partial charge >= 0.3 is 0 Å². The van der Waals surface area contributed by atoms with Crippen molar-refractivity contribution >= 4 is 29.1 Å². The van der Waals surface area contributed by atoms with Crippen LogP contribution in [0.1, 0.15) is 48.4 Å². The maximum absolute atomic E-state index is 13.0. The summed E-state index contributed by atoms with van der Waals surface area (Å²) in [7, 11) is 0. The fourth-order valence-electron chi connectivity index (χ4n) is 3.44. The zero-order valence-corrected chi connectivity index (χ0v) is 18.4. The van der Waals surface area contributed by atoms with Crippen molar-refractivity contribution in [1.82, 2.24) is 10.4 Å². The van der Waals surface area contributed by atoms with Crippen LogP contribution in [0.4, 0.5) is 0 Å². The molecule has 0 fully saturated rings. The molecule has 0 bridgehead atoms. The minimum Gasteiger partial charge on any atom is -0.465 e. The summed E-state index contributed by atoms with van der Waals surface area (Å²) in [6.45, 7) is 6.22. The van der Waals surface area contributed by atoms with E-state index >= 15 is 0 Å². The third kappa shape index (κ3) is 4.83. The van der Waals surface area contributed by atoms with E-state index in [-0.39, 0.29) is 5.91 Å². The Labute approximate surface area is 187 Å². The van der Waals surface area contributed by atoms with Crippen LogP contribution in [0.15, 0.2) is 88.1 Å². The number of benzene rings is 2. The van der Waals surface area contributed by atoms with Crippen molar-refractivity contribution < 1.29 is 9.21 Å². The van der Waals surface area contributed by atoms with Crippen molar-refractivity contribution in [2.24, 2.45) is 5.10 Å². The van der Waals surface area contributed by atoms with Gasteiger partial charge < -0.3 is 4.42 Å². The van der Waals surface area contributed by atoms with Crippen LogP contribution in [0.3, 0.4) is 0 Å². The molecule has 0 aliphatic rings. The number of carbonyl (C=O) groups excluding carboxylic acids is 1. The van der Waals surface area contributed by atoms with Crippen LogP contribution in [0.25, 0.3) is 28.2 Å². The van der Waals surface area contributed by atoms with Gasteiger partial charge in [-0.3, -0.25) is 4.79 Å². The number of fused-ring (bicyclic) bond motifs is 1. The van der Waals surface area contributed by atoms with Gasteiger partial charge in [-0.25, -0.2) is 10.4 Å². The molecule has 0 saturated heterocycles. The summed E-state index contributed by atoms with van der Waals surface area (Å²) in [6.07, 6.45) is 5.05. The van der Waals surface area contributed by atoms with E-state index in [1.807, 2.05) is 55.5 Å². The molecular formula is C27H25N3O2. The standard InChI is InChI=1S/C27H25N3O2/c1-18(2)20-10-12-21(13-11-20)26-16-24(23-8-4-5-9-25(23)29-26)27(31)30-28-17-19(3)15-22-7-6-14-32-22/h4-18H,1-3H3,(H,30,31)/b19-15+,28-17+. The molecule has 0 radical (unpaired) electrons. The molecule has 4 rings (SSSR count). The molecule has 0 atom stereocenters. The van der Waals surface area contributed by atoms with Gasteiger partial charge in [-0.15, -0.1) is 0 Å². The lowest BCUT2D eigenvalue weighted by atomic mass is 9.99. The molecule has 0 aliphatic heterocycles. The van der Waals surface area contributed by atoms with Gasteiger partial charge in [0.2, 0.25) is 0 Å². The lowest BCUT2D eigenvalue weighted by Gasteiger charge is -2.10. The first-order valence-electron chi connectivity index (χ1n) is 10.6. The Morgan fingerprint density at radius 3 is 2.56 bits per heavy atom. The van der Waals surface area contributed by atoms with Crippen molar-refractivity contribution in [2.45, 2.75) is 26.7 Å². The number of hydrazone groups is 1. The average Bonchev–Trinajstić information content (AvgIpc) is 3.31. The summed E-state index contributed by atoms with van der Waals surface area (Å²) in [5, 5.41) is 4.90. The number of furan rings is 1. The number of para-hydroxylation sites is 1. The zero-order valence-electron chi connectivity index (χ0n) is 18.4. The lowest BCUT2D eigenvalue weighted by Crippen LogP contribution is -2.18. The largest absolute Gasteiger partial charge is 0.465 e. The predicted octanol–water partition coefficient (Wildman–Crippen LogP) is 6.44. The molecule has 0 saturated carbocycles. The van der Waals surface area contributed by atoms with Gasteiger partial charge in [0.05, 0.1) is 29.3 Å². The first-order valence-corrected chi connectivity index (χ1v) is 10.6. The van der Waals surface area contributed by atoms with Crippen molar-refractivity contribution in [3.05, 3.63) is 95.5 Å². The smallest absolute Gasteiger partial charge is 0.272 e. The first-order chi connectivity index (χ1) is 15.5. The minimum absolute atomic E-state index is 0.286. The Kier molecular flexibility index (Phi) is 6.26. The Hall–Kier alpha value is -3.99. The predicted molar refractivity (Wildman–Crippen MR) is 130 cm³/mol. The summed E-state index contributed by atoms with van der Waals surface area (Å²) in [5.74, 6) is 0.900. The van der Waals surface area contributed by atoms with Gasteiger partial charge in [-0.1, -0.05) is 56.3 Å². The molecule has 0 unspecified atom stereocenters. The van der Waals surface area contributed by atoms with Crippen molar-refractivity contribution in [3.63, 3.8) is 0 Å². The molecule has 5 nitrogen and oxygen atoms in total. The van der Waals surface area contributed by atoms with E-state index in [2.05, 4.69) is 48.6 Å². The van der Waals surface area contributed by atoms with Crippen molar-refractivity contribution in [1.29, 1.82) is 0 Å². The Bertz CT molecular complexity index is 1280. The Balaban J connectivity index is 1.62. The van der Waals surface area contributed by atoms with Crippen LogP contribution < -0.4 is 5.43 Å². The molecule has 0 spiro atoms. The van der Waals surface area contributed by atoms with E-state index in [0.717, 1.165) is 33.5 Å². The van der Waals surface area contributed by atoms with Crippen LogP contribution in [0.5, 0.6) is 0 Å². The molecule has 2 aromatic carbocycles. The topological polar surface area (TPSA) is 67.5 Å². The second kappa shape index (κ2) is 9.43. The second-order valence-corrected chi connectivity index (χ2v) is 7.95. The Morgan fingerprint density at radius 2 is 1.84 bits per heavy atom. The molecular weight excluding hydrogens is 398 g/mol. The molecule has 160 valence electrons. The van der Waals surface area contributed by atoms with Crippen molar-refractivity contribution in [3.8, 4) is 11.3 Å². The van der Waals surface area contributed by atoms with Crippen molar-refractivity contribution in [2.75, 3.05) is 0 Å². The third-order valence-electron chi connectivity index (χ3n) is 5.18. The van der Waals surface area contributed by atoms with E-state index in [1.165, 1.54) is 5.56 Å². The molecule has 0 aliphatic carbocycles. The number of hydrogen-bond donors (Lipinski definition) is 1. The summed E-state index contributed by atoms with van der Waals surface area (Å²) in [6, 6.07) is 21.4. The maximum atomic E-state index is 13.0. The molecule has 1 amide bonds. The first kappa shape index (κ1) is 21.2. The maximum Gasteiger partial charge on any atom is 0.272 e. The molecule has 2 aromatic heterocycles. The highest BCUT2D eigenvalue weighted by molar-refractivity contribution is 6.07.